The SMILES string of the molecule is C#CC1(NC(=O)c2cc(C(C)(C)C)[nH]n2)CCCC1. The maximum absolute atomic E-state index is 12.2. The number of amides is 1. The van der Waals surface area contributed by atoms with Crippen LogP contribution in [0, 0.1) is 12.3 Å². The monoisotopic (exact) mass is 259 g/mol. The van der Waals surface area contributed by atoms with Gasteiger partial charge in [-0.25, -0.2) is 0 Å². The van der Waals surface area contributed by atoms with Crippen LogP contribution in [-0.4, -0.2) is 21.6 Å². The zero-order valence-electron chi connectivity index (χ0n) is 11.8. The van der Waals surface area contributed by atoms with Crippen molar-refractivity contribution in [2.24, 2.45) is 0 Å². The zero-order chi connectivity index (χ0) is 14.1. The van der Waals surface area contributed by atoms with Crippen LogP contribution in [-0.2, 0) is 5.41 Å². The Kier molecular flexibility index (Phi) is 3.40. The van der Waals surface area contributed by atoms with Crippen molar-refractivity contribution in [3.8, 4) is 12.3 Å². The van der Waals surface area contributed by atoms with Crippen LogP contribution in [0.4, 0.5) is 0 Å². The molecule has 0 spiro atoms. The molecule has 2 rings (SSSR count). The van der Waals surface area contributed by atoms with Crippen molar-refractivity contribution < 1.29 is 4.79 Å². The van der Waals surface area contributed by atoms with Crippen LogP contribution in [0.25, 0.3) is 0 Å². The average Bonchev–Trinajstić information content (AvgIpc) is 2.97. The second-order valence-corrected chi connectivity index (χ2v) is 6.30. The van der Waals surface area contributed by atoms with E-state index in [0.717, 1.165) is 31.4 Å². The molecule has 1 amide bonds. The third-order valence-electron chi connectivity index (χ3n) is 3.70. The van der Waals surface area contributed by atoms with Crippen molar-refractivity contribution in [3.05, 3.63) is 17.5 Å². The molecular weight excluding hydrogens is 238 g/mol. The Balaban J connectivity index is 2.13. The van der Waals surface area contributed by atoms with Crippen LogP contribution in [0.15, 0.2) is 6.07 Å². The molecule has 0 saturated heterocycles. The standard InChI is InChI=1S/C15H21N3O/c1-5-15(8-6-7-9-15)16-13(19)11-10-12(18-17-11)14(2,3)4/h1,10H,6-9H2,2-4H3,(H,16,19)(H,17,18). The van der Waals surface area contributed by atoms with Gasteiger partial charge in [0.05, 0.1) is 0 Å². The molecule has 0 atom stereocenters. The summed E-state index contributed by atoms with van der Waals surface area (Å²) in [6.45, 7) is 6.21. The molecule has 1 aromatic rings. The number of nitrogens with one attached hydrogen (secondary N) is 2. The summed E-state index contributed by atoms with van der Waals surface area (Å²) in [6.07, 6.45) is 9.42. The highest BCUT2D eigenvalue weighted by molar-refractivity contribution is 5.93. The summed E-state index contributed by atoms with van der Waals surface area (Å²) >= 11 is 0. The molecule has 4 heteroatoms. The van der Waals surface area contributed by atoms with Gasteiger partial charge in [-0.05, 0) is 31.7 Å². The predicted octanol–water partition coefficient (Wildman–Crippen LogP) is 2.38. The quantitative estimate of drug-likeness (QED) is 0.801. The zero-order valence-corrected chi connectivity index (χ0v) is 11.8. The third kappa shape index (κ3) is 2.81. The highest BCUT2D eigenvalue weighted by atomic mass is 16.2. The van der Waals surface area contributed by atoms with Gasteiger partial charge in [0.1, 0.15) is 11.2 Å². The number of terminal acetylenes is 1. The molecule has 0 aliphatic heterocycles. The summed E-state index contributed by atoms with van der Waals surface area (Å²) in [7, 11) is 0. The normalized spacial score (nSPS) is 18.0. The molecule has 0 radical (unpaired) electrons. The number of aromatic nitrogens is 2. The number of hydrogen-bond acceptors (Lipinski definition) is 2. The number of carbonyl (C=O) groups is 1. The van der Waals surface area contributed by atoms with E-state index in [-0.39, 0.29) is 11.3 Å². The van der Waals surface area contributed by atoms with Crippen LogP contribution >= 0.6 is 0 Å². The Bertz CT molecular complexity index is 510. The number of H-pyrrole nitrogens is 1. The molecule has 1 aliphatic carbocycles. The fourth-order valence-corrected chi connectivity index (χ4v) is 2.39. The first-order chi connectivity index (χ1) is 8.86. The largest absolute Gasteiger partial charge is 0.334 e. The Morgan fingerprint density at radius 2 is 2.11 bits per heavy atom. The van der Waals surface area contributed by atoms with Gasteiger partial charge in [-0.2, -0.15) is 5.10 Å². The first-order valence-corrected chi connectivity index (χ1v) is 6.72. The summed E-state index contributed by atoms with van der Waals surface area (Å²) in [5.74, 6) is 2.56. The van der Waals surface area contributed by atoms with Gasteiger partial charge in [-0.1, -0.05) is 26.7 Å². The summed E-state index contributed by atoms with van der Waals surface area (Å²) in [5.41, 5.74) is 0.825. The average molecular weight is 259 g/mol. The van der Waals surface area contributed by atoms with Gasteiger partial charge in [-0.15, -0.1) is 6.42 Å². The predicted molar refractivity (Wildman–Crippen MR) is 74.8 cm³/mol. The van der Waals surface area contributed by atoms with E-state index in [4.69, 9.17) is 6.42 Å². The molecule has 2 N–H and O–H groups in total. The number of nitrogens with zero attached hydrogens (tertiary/aromatic N) is 1. The second kappa shape index (κ2) is 4.73. The summed E-state index contributed by atoms with van der Waals surface area (Å²) in [6, 6.07) is 1.80. The summed E-state index contributed by atoms with van der Waals surface area (Å²) < 4.78 is 0. The van der Waals surface area contributed by atoms with E-state index in [0.29, 0.717) is 5.69 Å². The molecule has 4 nitrogen and oxygen atoms in total. The first kappa shape index (κ1) is 13.7. The van der Waals surface area contributed by atoms with Crippen LogP contribution in [0.5, 0.6) is 0 Å². The molecule has 102 valence electrons. The van der Waals surface area contributed by atoms with Crippen LogP contribution < -0.4 is 5.32 Å². The minimum atomic E-state index is -0.474. The lowest BCUT2D eigenvalue weighted by atomic mass is 9.92. The third-order valence-corrected chi connectivity index (χ3v) is 3.70. The van der Waals surface area contributed by atoms with Crippen molar-refractivity contribution >= 4 is 5.91 Å². The lowest BCUT2D eigenvalue weighted by Gasteiger charge is -2.23. The molecule has 1 aliphatic rings. The fraction of sp³-hybridized carbons (Fsp3) is 0.600. The number of carbonyl (C=O) groups excluding carboxylic acids is 1. The fourth-order valence-electron chi connectivity index (χ4n) is 2.39. The molecular formula is C15H21N3O. The van der Waals surface area contributed by atoms with E-state index in [1.807, 2.05) is 0 Å². The van der Waals surface area contributed by atoms with Crippen molar-refractivity contribution in [2.45, 2.75) is 57.4 Å². The van der Waals surface area contributed by atoms with Crippen LogP contribution in [0.3, 0.4) is 0 Å². The Hall–Kier alpha value is -1.76. The lowest BCUT2D eigenvalue weighted by Crippen LogP contribution is -2.45. The van der Waals surface area contributed by atoms with Crippen LogP contribution in [0.1, 0.15) is 62.6 Å². The minimum absolute atomic E-state index is 0.0529. The first-order valence-electron chi connectivity index (χ1n) is 6.72. The van der Waals surface area contributed by atoms with E-state index in [1.54, 1.807) is 6.07 Å². The topological polar surface area (TPSA) is 57.8 Å². The molecule has 1 aromatic heterocycles. The Morgan fingerprint density at radius 3 is 2.58 bits per heavy atom. The minimum Gasteiger partial charge on any atom is -0.334 e. The van der Waals surface area contributed by atoms with E-state index in [1.165, 1.54) is 0 Å². The lowest BCUT2D eigenvalue weighted by molar-refractivity contribution is 0.0916. The van der Waals surface area contributed by atoms with E-state index < -0.39 is 5.54 Å². The van der Waals surface area contributed by atoms with Crippen LogP contribution in [0.2, 0.25) is 0 Å². The van der Waals surface area contributed by atoms with Gasteiger partial charge < -0.3 is 5.32 Å². The van der Waals surface area contributed by atoms with Crippen molar-refractivity contribution in [1.29, 1.82) is 0 Å². The highest BCUT2D eigenvalue weighted by Gasteiger charge is 2.34. The highest BCUT2D eigenvalue weighted by Crippen LogP contribution is 2.29. The van der Waals surface area contributed by atoms with Gasteiger partial charge in [0.15, 0.2) is 0 Å². The molecule has 0 unspecified atom stereocenters. The van der Waals surface area contributed by atoms with Gasteiger partial charge in [0.2, 0.25) is 0 Å². The maximum atomic E-state index is 12.2. The van der Waals surface area contributed by atoms with Gasteiger partial charge in [0, 0.05) is 11.1 Å². The van der Waals surface area contributed by atoms with Gasteiger partial charge in [0.25, 0.3) is 5.91 Å². The van der Waals surface area contributed by atoms with Gasteiger partial charge in [-0.3, -0.25) is 9.89 Å². The Morgan fingerprint density at radius 1 is 1.47 bits per heavy atom. The number of rotatable bonds is 2. The summed E-state index contributed by atoms with van der Waals surface area (Å²) in [5, 5.41) is 9.97. The maximum Gasteiger partial charge on any atom is 0.272 e. The molecule has 19 heavy (non-hydrogen) atoms. The molecule has 1 heterocycles. The second-order valence-electron chi connectivity index (χ2n) is 6.30. The molecule has 0 aromatic carbocycles. The van der Waals surface area contributed by atoms with E-state index in [9.17, 15) is 4.79 Å². The summed E-state index contributed by atoms with van der Waals surface area (Å²) in [4.78, 5) is 12.2. The number of aromatic amines is 1. The molecule has 1 saturated carbocycles. The smallest absolute Gasteiger partial charge is 0.272 e. The van der Waals surface area contributed by atoms with E-state index >= 15 is 0 Å². The van der Waals surface area contributed by atoms with Gasteiger partial charge >= 0.3 is 0 Å². The van der Waals surface area contributed by atoms with Crippen molar-refractivity contribution in [1.82, 2.24) is 15.5 Å². The van der Waals surface area contributed by atoms with Crippen molar-refractivity contribution in [3.63, 3.8) is 0 Å². The number of hydrogen-bond donors (Lipinski definition) is 2. The molecule has 0 bridgehead atoms. The van der Waals surface area contributed by atoms with Crippen molar-refractivity contribution in [2.75, 3.05) is 0 Å². The Labute approximate surface area is 114 Å². The van der Waals surface area contributed by atoms with E-state index in [2.05, 4.69) is 42.2 Å². The molecule has 1 fully saturated rings.